The van der Waals surface area contributed by atoms with Gasteiger partial charge in [-0.15, -0.1) is 11.3 Å². The number of benzene rings is 6. The Kier molecular flexibility index (Phi) is 4.48. The van der Waals surface area contributed by atoms with Crippen molar-refractivity contribution < 1.29 is 4.42 Å². The lowest BCUT2D eigenvalue weighted by Crippen LogP contribution is -1.95. The first kappa shape index (κ1) is 21.8. The van der Waals surface area contributed by atoms with E-state index in [-0.39, 0.29) is 0 Å². The van der Waals surface area contributed by atoms with Crippen LogP contribution in [0.3, 0.4) is 0 Å². The minimum Gasteiger partial charge on any atom is -0.456 e. The van der Waals surface area contributed by atoms with Gasteiger partial charge >= 0.3 is 0 Å². The number of hydrogen-bond donors (Lipinski definition) is 1. The van der Waals surface area contributed by atoms with Crippen molar-refractivity contribution in [2.75, 3.05) is 5.32 Å². The number of aromatic nitrogens is 1. The molecule has 0 radical (unpaired) electrons. The average Bonchev–Trinajstić information content (AvgIpc) is 3.65. The van der Waals surface area contributed by atoms with Gasteiger partial charge in [0.05, 0.1) is 11.0 Å². The van der Waals surface area contributed by atoms with Crippen molar-refractivity contribution in [3.8, 4) is 5.69 Å². The van der Waals surface area contributed by atoms with Gasteiger partial charge in [-0.2, -0.15) is 0 Å². The van der Waals surface area contributed by atoms with E-state index in [9.17, 15) is 0 Å². The van der Waals surface area contributed by atoms with Gasteiger partial charge in [0.2, 0.25) is 0 Å². The monoisotopic (exact) mass is 530 g/mol. The van der Waals surface area contributed by atoms with E-state index in [4.69, 9.17) is 4.42 Å². The molecule has 0 atom stereocenters. The van der Waals surface area contributed by atoms with Crippen LogP contribution in [-0.2, 0) is 0 Å². The van der Waals surface area contributed by atoms with Gasteiger partial charge in [-0.1, -0.05) is 60.7 Å². The van der Waals surface area contributed by atoms with E-state index in [0.29, 0.717) is 0 Å². The number of thiophene rings is 1. The summed E-state index contributed by atoms with van der Waals surface area (Å²) in [5.74, 6) is 0. The summed E-state index contributed by atoms with van der Waals surface area (Å²) in [5, 5.41) is 11.0. The number of para-hydroxylation sites is 2. The molecule has 9 aromatic rings. The predicted molar refractivity (Wildman–Crippen MR) is 171 cm³/mol. The first-order chi connectivity index (χ1) is 19.8. The summed E-state index contributed by atoms with van der Waals surface area (Å²) in [5.41, 5.74) is 7.44. The first-order valence-corrected chi connectivity index (χ1v) is 14.2. The maximum atomic E-state index is 6.27. The van der Waals surface area contributed by atoms with Crippen molar-refractivity contribution in [3.63, 3.8) is 0 Å². The second-order valence-corrected chi connectivity index (χ2v) is 11.4. The molecule has 0 aliphatic heterocycles. The quantitative estimate of drug-likeness (QED) is 0.246. The van der Waals surface area contributed by atoms with E-state index in [1.807, 2.05) is 23.5 Å². The SMILES string of the molecule is c1ccc(-n2c3cc(Nc4ccc5sc6ccccc6c5c4)ccc3c3cc4oc5ccccc5c4cc32)cc1. The predicted octanol–water partition coefficient (Wildman–Crippen LogP) is 10.8. The largest absolute Gasteiger partial charge is 0.456 e. The van der Waals surface area contributed by atoms with Crippen LogP contribution in [0.15, 0.2) is 132 Å². The molecule has 6 aromatic carbocycles. The van der Waals surface area contributed by atoms with Gasteiger partial charge in [-0.05, 0) is 66.7 Å². The lowest BCUT2D eigenvalue weighted by Gasteiger charge is -2.10. The van der Waals surface area contributed by atoms with Crippen LogP contribution in [0.5, 0.6) is 0 Å². The molecule has 0 spiro atoms. The minimum atomic E-state index is 0.916. The third-order valence-electron chi connectivity index (χ3n) is 7.94. The van der Waals surface area contributed by atoms with E-state index in [1.54, 1.807) is 0 Å². The van der Waals surface area contributed by atoms with Gasteiger partial charge in [0.15, 0.2) is 0 Å². The molecule has 0 saturated heterocycles. The molecule has 1 N–H and O–H groups in total. The molecular formula is C36H22N2OS. The topological polar surface area (TPSA) is 30.1 Å². The zero-order valence-electron chi connectivity index (χ0n) is 21.4. The number of fused-ring (bicyclic) bond motifs is 9. The second-order valence-electron chi connectivity index (χ2n) is 10.3. The molecule has 3 heterocycles. The molecule has 0 aliphatic carbocycles. The fraction of sp³-hybridized carbons (Fsp3) is 0. The maximum Gasteiger partial charge on any atom is 0.136 e. The molecule has 0 fully saturated rings. The smallest absolute Gasteiger partial charge is 0.136 e. The van der Waals surface area contributed by atoms with E-state index in [0.717, 1.165) is 44.5 Å². The third kappa shape index (κ3) is 3.17. The highest BCUT2D eigenvalue weighted by atomic mass is 32.1. The summed E-state index contributed by atoms with van der Waals surface area (Å²) in [6.07, 6.45) is 0. The van der Waals surface area contributed by atoms with Crippen LogP contribution in [-0.4, -0.2) is 4.57 Å². The standard InChI is InChI=1S/C36H22N2OS/c1-2-8-24(9-3-1)38-31-19-23(37-22-15-17-36-30(18-22)27-11-5-7-13-35(27)40-36)14-16-25(31)28-21-34-29(20-32(28)38)26-10-4-6-12-33(26)39-34/h1-21,37H. The number of nitrogens with one attached hydrogen (secondary N) is 1. The number of anilines is 2. The minimum absolute atomic E-state index is 0.916. The van der Waals surface area contributed by atoms with Crippen molar-refractivity contribution in [3.05, 3.63) is 127 Å². The fourth-order valence-electron chi connectivity index (χ4n) is 6.14. The highest BCUT2D eigenvalue weighted by Gasteiger charge is 2.17. The number of rotatable bonds is 3. The van der Waals surface area contributed by atoms with Crippen LogP contribution in [0.1, 0.15) is 0 Å². The first-order valence-electron chi connectivity index (χ1n) is 13.4. The van der Waals surface area contributed by atoms with Gasteiger partial charge in [0, 0.05) is 58.8 Å². The Morgan fingerprint density at radius 1 is 0.475 bits per heavy atom. The van der Waals surface area contributed by atoms with Crippen LogP contribution >= 0.6 is 11.3 Å². The van der Waals surface area contributed by atoms with Crippen molar-refractivity contribution in [2.24, 2.45) is 0 Å². The Morgan fingerprint density at radius 3 is 2.12 bits per heavy atom. The summed E-state index contributed by atoms with van der Waals surface area (Å²) in [4.78, 5) is 0. The lowest BCUT2D eigenvalue weighted by molar-refractivity contribution is 0.669. The third-order valence-corrected chi connectivity index (χ3v) is 9.10. The van der Waals surface area contributed by atoms with Crippen LogP contribution in [0.2, 0.25) is 0 Å². The summed E-state index contributed by atoms with van der Waals surface area (Å²) >= 11 is 1.84. The molecule has 0 unspecified atom stereocenters. The Balaban J connectivity index is 1.25. The number of nitrogens with zero attached hydrogens (tertiary/aromatic N) is 1. The van der Waals surface area contributed by atoms with Crippen molar-refractivity contribution in [2.45, 2.75) is 0 Å². The molecular weight excluding hydrogens is 508 g/mol. The molecule has 40 heavy (non-hydrogen) atoms. The Bertz CT molecular complexity index is 2410. The van der Waals surface area contributed by atoms with E-state index >= 15 is 0 Å². The highest BCUT2D eigenvalue weighted by molar-refractivity contribution is 7.25. The van der Waals surface area contributed by atoms with E-state index in [2.05, 4.69) is 125 Å². The van der Waals surface area contributed by atoms with Gasteiger partial charge in [-0.3, -0.25) is 0 Å². The van der Waals surface area contributed by atoms with Gasteiger partial charge in [0.25, 0.3) is 0 Å². The normalized spacial score (nSPS) is 12.0. The van der Waals surface area contributed by atoms with Crippen LogP contribution < -0.4 is 5.32 Å². The number of hydrogen-bond acceptors (Lipinski definition) is 3. The zero-order chi connectivity index (χ0) is 26.2. The van der Waals surface area contributed by atoms with Crippen molar-refractivity contribution in [1.82, 2.24) is 4.57 Å². The lowest BCUT2D eigenvalue weighted by atomic mass is 10.1. The molecule has 4 heteroatoms. The maximum absolute atomic E-state index is 6.27. The molecule has 3 nitrogen and oxygen atoms in total. The summed E-state index contributed by atoms with van der Waals surface area (Å²) < 4.78 is 11.3. The Hall–Kier alpha value is -5.06. The summed E-state index contributed by atoms with van der Waals surface area (Å²) in [7, 11) is 0. The molecule has 9 rings (SSSR count). The zero-order valence-corrected chi connectivity index (χ0v) is 22.2. The van der Waals surface area contributed by atoms with Crippen LogP contribution in [0, 0.1) is 0 Å². The van der Waals surface area contributed by atoms with Gasteiger partial charge in [-0.25, -0.2) is 0 Å². The molecule has 3 aromatic heterocycles. The number of furan rings is 1. The van der Waals surface area contributed by atoms with Gasteiger partial charge < -0.3 is 14.3 Å². The summed E-state index contributed by atoms with van der Waals surface area (Å²) in [6, 6.07) is 45.3. The average molecular weight is 531 g/mol. The Morgan fingerprint density at radius 2 is 1.20 bits per heavy atom. The summed E-state index contributed by atoms with van der Waals surface area (Å²) in [6.45, 7) is 0. The second kappa shape index (κ2) is 8.22. The van der Waals surface area contributed by atoms with Crippen molar-refractivity contribution in [1.29, 1.82) is 0 Å². The van der Waals surface area contributed by atoms with Crippen molar-refractivity contribution >= 4 is 86.6 Å². The van der Waals surface area contributed by atoms with E-state index < -0.39 is 0 Å². The molecule has 0 bridgehead atoms. The molecule has 0 amide bonds. The highest BCUT2D eigenvalue weighted by Crippen LogP contribution is 2.40. The van der Waals surface area contributed by atoms with Crippen LogP contribution in [0.25, 0.3) is 69.6 Å². The van der Waals surface area contributed by atoms with Gasteiger partial charge in [0.1, 0.15) is 11.2 Å². The molecule has 0 aliphatic rings. The molecule has 0 saturated carbocycles. The van der Waals surface area contributed by atoms with Crippen LogP contribution in [0.4, 0.5) is 11.4 Å². The van der Waals surface area contributed by atoms with E-state index in [1.165, 1.54) is 36.5 Å². The molecule has 188 valence electrons. The fourth-order valence-corrected chi connectivity index (χ4v) is 7.22. The Labute approximate surface area is 233 Å².